The van der Waals surface area contributed by atoms with E-state index in [1.165, 1.54) is 0 Å². The van der Waals surface area contributed by atoms with Crippen molar-refractivity contribution in [1.29, 1.82) is 0 Å². The highest BCUT2D eigenvalue weighted by Crippen LogP contribution is 2.33. The first-order chi connectivity index (χ1) is 15.0. The van der Waals surface area contributed by atoms with Crippen molar-refractivity contribution in [2.24, 2.45) is 0 Å². The summed E-state index contributed by atoms with van der Waals surface area (Å²) in [5, 5.41) is 6.49. The molecule has 164 valence electrons. The SMILES string of the molecule is CC(C(=O)NC1CC1)N1CCN(C(=O)Nc2ccccc2Oc2ccccc2Cl)CC1. The number of carbonyl (C=O) groups excluding carboxylic acids is 2. The van der Waals surface area contributed by atoms with Crippen LogP contribution < -0.4 is 15.4 Å². The Bertz CT molecular complexity index is 942. The van der Waals surface area contributed by atoms with E-state index >= 15 is 0 Å². The summed E-state index contributed by atoms with van der Waals surface area (Å²) in [4.78, 5) is 29.0. The monoisotopic (exact) mass is 442 g/mol. The number of para-hydroxylation sites is 3. The molecule has 0 bridgehead atoms. The van der Waals surface area contributed by atoms with Gasteiger partial charge in [0.05, 0.1) is 16.8 Å². The van der Waals surface area contributed by atoms with Crippen LogP contribution in [0.4, 0.5) is 10.5 Å². The van der Waals surface area contributed by atoms with Crippen LogP contribution in [-0.2, 0) is 4.79 Å². The minimum atomic E-state index is -0.190. The quantitative estimate of drug-likeness (QED) is 0.710. The van der Waals surface area contributed by atoms with Crippen molar-refractivity contribution in [3.05, 3.63) is 53.6 Å². The van der Waals surface area contributed by atoms with E-state index in [1.807, 2.05) is 31.2 Å². The number of anilines is 1. The average molecular weight is 443 g/mol. The molecule has 1 atom stereocenters. The van der Waals surface area contributed by atoms with Gasteiger partial charge in [0.25, 0.3) is 0 Å². The molecule has 1 saturated carbocycles. The van der Waals surface area contributed by atoms with Gasteiger partial charge in [0.2, 0.25) is 5.91 Å². The van der Waals surface area contributed by atoms with Crippen LogP contribution in [0.5, 0.6) is 11.5 Å². The summed E-state index contributed by atoms with van der Waals surface area (Å²) in [6, 6.07) is 14.5. The van der Waals surface area contributed by atoms with E-state index in [2.05, 4.69) is 15.5 Å². The standard InChI is InChI=1S/C23H27ClN4O3/c1-16(22(29)25-17-10-11-17)27-12-14-28(15-13-27)23(30)26-19-7-3-5-9-21(19)31-20-8-4-2-6-18(20)24/h2-9,16-17H,10-15H2,1H3,(H,25,29)(H,26,30). The Labute approximate surface area is 187 Å². The molecule has 1 aliphatic carbocycles. The highest BCUT2D eigenvalue weighted by molar-refractivity contribution is 6.32. The fourth-order valence-electron chi connectivity index (χ4n) is 3.53. The second-order valence-corrected chi connectivity index (χ2v) is 8.35. The second-order valence-electron chi connectivity index (χ2n) is 7.94. The summed E-state index contributed by atoms with van der Waals surface area (Å²) in [5.74, 6) is 1.12. The molecule has 0 radical (unpaired) electrons. The summed E-state index contributed by atoms with van der Waals surface area (Å²) < 4.78 is 5.92. The smallest absolute Gasteiger partial charge is 0.322 e. The van der Waals surface area contributed by atoms with Gasteiger partial charge in [-0.25, -0.2) is 4.79 Å². The molecule has 4 rings (SSSR count). The number of rotatable bonds is 6. The van der Waals surface area contributed by atoms with E-state index in [4.69, 9.17) is 16.3 Å². The van der Waals surface area contributed by atoms with Crippen LogP contribution in [-0.4, -0.2) is 60.0 Å². The summed E-state index contributed by atoms with van der Waals surface area (Å²) in [7, 11) is 0. The molecule has 31 heavy (non-hydrogen) atoms. The molecule has 0 aromatic heterocycles. The second kappa shape index (κ2) is 9.58. The lowest BCUT2D eigenvalue weighted by Crippen LogP contribution is -2.55. The van der Waals surface area contributed by atoms with Crippen molar-refractivity contribution in [3.63, 3.8) is 0 Å². The highest BCUT2D eigenvalue weighted by Gasteiger charge is 2.31. The fraction of sp³-hybridized carbons (Fsp3) is 0.391. The molecule has 1 aliphatic heterocycles. The van der Waals surface area contributed by atoms with Crippen molar-refractivity contribution in [3.8, 4) is 11.5 Å². The van der Waals surface area contributed by atoms with Crippen LogP contribution >= 0.6 is 11.6 Å². The van der Waals surface area contributed by atoms with Gasteiger partial charge >= 0.3 is 6.03 Å². The third-order valence-corrected chi connectivity index (χ3v) is 5.95. The van der Waals surface area contributed by atoms with Gasteiger partial charge in [0.1, 0.15) is 5.75 Å². The Balaban J connectivity index is 1.33. The third-order valence-electron chi connectivity index (χ3n) is 5.64. The number of ether oxygens (including phenoxy) is 1. The molecule has 1 saturated heterocycles. The van der Waals surface area contributed by atoms with Gasteiger partial charge in [-0.05, 0) is 44.0 Å². The minimum absolute atomic E-state index is 0.0750. The van der Waals surface area contributed by atoms with Crippen LogP contribution in [0.2, 0.25) is 5.02 Å². The molecular weight excluding hydrogens is 416 g/mol. The summed E-state index contributed by atoms with van der Waals surface area (Å²) in [5.41, 5.74) is 0.576. The molecule has 2 aliphatic rings. The zero-order valence-corrected chi connectivity index (χ0v) is 18.3. The van der Waals surface area contributed by atoms with Crippen molar-refractivity contribution in [1.82, 2.24) is 15.1 Å². The average Bonchev–Trinajstić information content (AvgIpc) is 3.60. The number of amides is 3. The lowest BCUT2D eigenvalue weighted by Gasteiger charge is -2.37. The van der Waals surface area contributed by atoms with Gasteiger partial charge in [-0.15, -0.1) is 0 Å². The predicted octanol–water partition coefficient (Wildman–Crippen LogP) is 3.95. The van der Waals surface area contributed by atoms with Gasteiger partial charge in [-0.2, -0.15) is 0 Å². The first-order valence-electron chi connectivity index (χ1n) is 10.6. The largest absolute Gasteiger partial charge is 0.454 e. The van der Waals surface area contributed by atoms with E-state index in [1.54, 1.807) is 29.2 Å². The van der Waals surface area contributed by atoms with E-state index in [-0.39, 0.29) is 18.0 Å². The minimum Gasteiger partial charge on any atom is -0.454 e. The molecule has 2 aromatic carbocycles. The number of benzene rings is 2. The Morgan fingerprint density at radius 3 is 2.32 bits per heavy atom. The Morgan fingerprint density at radius 1 is 1.00 bits per heavy atom. The molecule has 2 fully saturated rings. The Kier molecular flexibility index (Phi) is 6.63. The molecule has 1 unspecified atom stereocenters. The van der Waals surface area contributed by atoms with Crippen LogP contribution in [0, 0.1) is 0 Å². The van der Waals surface area contributed by atoms with Crippen LogP contribution in [0.1, 0.15) is 19.8 Å². The summed E-state index contributed by atoms with van der Waals surface area (Å²) in [6.07, 6.45) is 2.15. The maximum Gasteiger partial charge on any atom is 0.322 e. The summed E-state index contributed by atoms with van der Waals surface area (Å²) in [6.45, 7) is 4.35. The van der Waals surface area contributed by atoms with Gasteiger partial charge in [0.15, 0.2) is 5.75 Å². The number of nitrogens with zero attached hydrogens (tertiary/aromatic N) is 2. The Morgan fingerprint density at radius 2 is 1.65 bits per heavy atom. The number of hydrogen-bond acceptors (Lipinski definition) is 4. The predicted molar refractivity (Wildman–Crippen MR) is 121 cm³/mol. The summed E-state index contributed by atoms with van der Waals surface area (Å²) >= 11 is 6.19. The zero-order chi connectivity index (χ0) is 21.8. The topological polar surface area (TPSA) is 73.9 Å². The molecule has 3 amide bonds. The van der Waals surface area contributed by atoms with Crippen molar-refractivity contribution in [2.45, 2.75) is 31.8 Å². The number of nitrogens with one attached hydrogen (secondary N) is 2. The van der Waals surface area contributed by atoms with Crippen LogP contribution in [0.25, 0.3) is 0 Å². The molecule has 2 N–H and O–H groups in total. The normalized spacial score (nSPS) is 17.7. The maximum atomic E-state index is 12.8. The lowest BCUT2D eigenvalue weighted by molar-refractivity contribution is -0.126. The lowest BCUT2D eigenvalue weighted by atomic mass is 10.2. The van der Waals surface area contributed by atoms with Gasteiger partial charge in [0, 0.05) is 32.2 Å². The zero-order valence-electron chi connectivity index (χ0n) is 17.5. The third kappa shape index (κ3) is 5.48. The van der Waals surface area contributed by atoms with Gasteiger partial charge in [-0.1, -0.05) is 35.9 Å². The first kappa shape index (κ1) is 21.5. The fourth-order valence-corrected chi connectivity index (χ4v) is 3.70. The molecular formula is C23H27ClN4O3. The highest BCUT2D eigenvalue weighted by atomic mass is 35.5. The van der Waals surface area contributed by atoms with E-state index in [9.17, 15) is 9.59 Å². The van der Waals surface area contributed by atoms with E-state index in [0.717, 1.165) is 12.8 Å². The van der Waals surface area contributed by atoms with E-state index in [0.29, 0.717) is 54.4 Å². The van der Waals surface area contributed by atoms with Crippen molar-refractivity contribution in [2.75, 3.05) is 31.5 Å². The number of hydrogen-bond donors (Lipinski definition) is 2. The van der Waals surface area contributed by atoms with E-state index < -0.39 is 0 Å². The van der Waals surface area contributed by atoms with Gasteiger partial charge < -0.3 is 20.3 Å². The van der Waals surface area contributed by atoms with Crippen molar-refractivity contribution < 1.29 is 14.3 Å². The molecule has 1 heterocycles. The number of carbonyl (C=O) groups is 2. The van der Waals surface area contributed by atoms with Gasteiger partial charge in [-0.3, -0.25) is 9.69 Å². The maximum absolute atomic E-state index is 12.8. The van der Waals surface area contributed by atoms with Crippen molar-refractivity contribution >= 4 is 29.2 Å². The molecule has 7 nitrogen and oxygen atoms in total. The number of halogens is 1. The first-order valence-corrected chi connectivity index (χ1v) is 11.0. The number of urea groups is 1. The van der Waals surface area contributed by atoms with Crippen LogP contribution in [0.15, 0.2) is 48.5 Å². The molecule has 8 heteroatoms. The Hall–Kier alpha value is -2.77. The molecule has 2 aromatic rings. The molecule has 0 spiro atoms. The number of piperazine rings is 1. The van der Waals surface area contributed by atoms with Crippen LogP contribution in [0.3, 0.4) is 0 Å².